The maximum absolute atomic E-state index is 12.5. The summed E-state index contributed by atoms with van der Waals surface area (Å²) < 4.78 is 0. The number of nitrogens with one attached hydrogen (secondary N) is 2. The molecular formula is C30H53N3O. The molecule has 1 aliphatic heterocycles. The lowest BCUT2D eigenvalue weighted by Gasteiger charge is -2.50. The van der Waals surface area contributed by atoms with Crippen LogP contribution in [0.3, 0.4) is 0 Å². The molecule has 4 heteroatoms. The van der Waals surface area contributed by atoms with E-state index in [1.54, 1.807) is 0 Å². The summed E-state index contributed by atoms with van der Waals surface area (Å²) in [5.41, 5.74) is 3.32. The second-order valence-electron chi connectivity index (χ2n) is 11.3. The van der Waals surface area contributed by atoms with Gasteiger partial charge in [0.25, 0.3) is 5.91 Å². The first-order valence-electron chi connectivity index (χ1n) is 14.0. The third-order valence-corrected chi connectivity index (χ3v) is 8.70. The molecule has 1 aromatic rings. The first kappa shape index (κ1) is 28.8. The van der Waals surface area contributed by atoms with Gasteiger partial charge in [0.05, 0.1) is 0 Å². The van der Waals surface area contributed by atoms with Gasteiger partial charge in [0.1, 0.15) is 0 Å². The highest BCUT2D eigenvalue weighted by molar-refractivity contribution is 5.95. The van der Waals surface area contributed by atoms with Gasteiger partial charge in [0, 0.05) is 29.7 Å². The molecule has 0 radical (unpaired) electrons. The van der Waals surface area contributed by atoms with E-state index in [0.29, 0.717) is 18.0 Å². The average Bonchev–Trinajstić information content (AvgIpc) is 2.80. The Labute approximate surface area is 210 Å². The van der Waals surface area contributed by atoms with Crippen LogP contribution in [0.1, 0.15) is 113 Å². The topological polar surface area (TPSA) is 44.4 Å². The summed E-state index contributed by atoms with van der Waals surface area (Å²) in [6.07, 6.45) is 12.6. The van der Waals surface area contributed by atoms with Crippen molar-refractivity contribution in [3.63, 3.8) is 0 Å². The highest BCUT2D eigenvalue weighted by atomic mass is 16.1. The molecule has 1 aromatic carbocycles. The van der Waals surface area contributed by atoms with Crippen molar-refractivity contribution < 1.29 is 4.79 Å². The van der Waals surface area contributed by atoms with Gasteiger partial charge < -0.3 is 15.5 Å². The predicted molar refractivity (Wildman–Crippen MR) is 147 cm³/mol. The van der Waals surface area contributed by atoms with Crippen LogP contribution in [0.25, 0.3) is 0 Å². The van der Waals surface area contributed by atoms with E-state index in [-0.39, 0.29) is 11.4 Å². The number of unbranched alkanes of at least 4 members (excludes halogenated alkanes) is 5. The van der Waals surface area contributed by atoms with Crippen LogP contribution in [0, 0.1) is 19.8 Å². The summed E-state index contributed by atoms with van der Waals surface area (Å²) in [5.74, 6) is 0.709. The predicted octanol–water partition coefficient (Wildman–Crippen LogP) is 6.64. The number of piperidine rings is 1. The zero-order valence-electron chi connectivity index (χ0n) is 23.3. The third kappa shape index (κ3) is 8.37. The summed E-state index contributed by atoms with van der Waals surface area (Å²) in [7, 11) is 2.27. The van der Waals surface area contributed by atoms with Gasteiger partial charge in [0.2, 0.25) is 0 Å². The summed E-state index contributed by atoms with van der Waals surface area (Å²) in [5, 5.41) is 7.23. The fourth-order valence-electron chi connectivity index (χ4n) is 5.36. The molecule has 0 aromatic heterocycles. The van der Waals surface area contributed by atoms with Crippen molar-refractivity contribution in [1.82, 2.24) is 15.5 Å². The smallest absolute Gasteiger partial charge is 0.251 e. The largest absolute Gasteiger partial charge is 0.352 e. The number of hydrogen-bond acceptors (Lipinski definition) is 3. The lowest BCUT2D eigenvalue weighted by atomic mass is 9.77. The fourth-order valence-corrected chi connectivity index (χ4v) is 5.36. The second kappa shape index (κ2) is 14.2. The SMILES string of the molecule is CCCCCCC(CCCCCNC(=O)c1cccc(C)c1C)NC1CCN(C)C(C)(C)C1C. The Balaban J connectivity index is 1.77. The highest BCUT2D eigenvalue weighted by Gasteiger charge is 2.39. The quantitative estimate of drug-likeness (QED) is 0.299. The lowest BCUT2D eigenvalue weighted by Crippen LogP contribution is -2.60. The summed E-state index contributed by atoms with van der Waals surface area (Å²) in [4.78, 5) is 15.1. The maximum Gasteiger partial charge on any atom is 0.251 e. The first-order valence-corrected chi connectivity index (χ1v) is 14.0. The zero-order chi connectivity index (χ0) is 25.1. The molecule has 3 atom stereocenters. The molecule has 0 spiro atoms. The van der Waals surface area contributed by atoms with Gasteiger partial charge in [-0.15, -0.1) is 0 Å². The molecule has 2 rings (SSSR count). The number of carbonyl (C=O) groups excluding carboxylic acids is 1. The molecule has 4 nitrogen and oxygen atoms in total. The van der Waals surface area contributed by atoms with Gasteiger partial charge in [-0.1, -0.05) is 64.5 Å². The average molecular weight is 472 g/mol. The van der Waals surface area contributed by atoms with Crippen LogP contribution in [0.4, 0.5) is 0 Å². The van der Waals surface area contributed by atoms with E-state index in [0.717, 1.165) is 24.1 Å². The number of hydrogen-bond donors (Lipinski definition) is 2. The third-order valence-electron chi connectivity index (χ3n) is 8.70. The van der Waals surface area contributed by atoms with E-state index in [2.05, 4.69) is 63.3 Å². The lowest BCUT2D eigenvalue weighted by molar-refractivity contribution is 0.0253. The van der Waals surface area contributed by atoms with E-state index in [4.69, 9.17) is 0 Å². The van der Waals surface area contributed by atoms with E-state index in [1.807, 2.05) is 19.1 Å². The molecule has 0 aliphatic carbocycles. The van der Waals surface area contributed by atoms with Crippen molar-refractivity contribution in [1.29, 1.82) is 0 Å². The van der Waals surface area contributed by atoms with Gasteiger partial charge in [-0.3, -0.25) is 4.79 Å². The van der Waals surface area contributed by atoms with Crippen molar-refractivity contribution >= 4 is 5.91 Å². The number of likely N-dealkylation sites (tertiary alicyclic amines) is 1. The number of rotatable bonds is 14. The number of benzene rings is 1. The van der Waals surface area contributed by atoms with Crippen molar-refractivity contribution in [2.75, 3.05) is 20.1 Å². The van der Waals surface area contributed by atoms with Crippen molar-refractivity contribution in [2.45, 2.75) is 123 Å². The Kier molecular flexibility index (Phi) is 12.1. The monoisotopic (exact) mass is 471 g/mol. The van der Waals surface area contributed by atoms with Gasteiger partial charge >= 0.3 is 0 Å². The number of nitrogens with zero attached hydrogens (tertiary/aromatic N) is 1. The van der Waals surface area contributed by atoms with Crippen LogP contribution in [-0.2, 0) is 0 Å². The van der Waals surface area contributed by atoms with E-state index >= 15 is 0 Å². The minimum atomic E-state index is 0.0653. The minimum Gasteiger partial charge on any atom is -0.352 e. The Morgan fingerprint density at radius 1 is 1.09 bits per heavy atom. The van der Waals surface area contributed by atoms with Crippen molar-refractivity contribution in [3.05, 3.63) is 34.9 Å². The summed E-state index contributed by atoms with van der Waals surface area (Å²) in [6, 6.07) is 7.19. The summed E-state index contributed by atoms with van der Waals surface area (Å²) >= 11 is 0. The standard InChI is InChI=1S/C30H53N3O/c1-8-9-10-12-17-26(32-28-20-22-33(7)30(5,6)25(28)4)18-13-11-14-21-31-29(34)27-19-15-16-23(2)24(27)3/h15-16,19,25-26,28,32H,8-14,17-18,20-22H2,1-7H3,(H,31,34). The molecule has 1 aliphatic rings. The van der Waals surface area contributed by atoms with Gasteiger partial charge in [0.15, 0.2) is 0 Å². The van der Waals surface area contributed by atoms with Crippen LogP contribution < -0.4 is 10.6 Å². The van der Waals surface area contributed by atoms with Crippen LogP contribution in [-0.4, -0.2) is 48.6 Å². The zero-order valence-corrected chi connectivity index (χ0v) is 23.3. The fraction of sp³-hybridized carbons (Fsp3) is 0.767. The minimum absolute atomic E-state index is 0.0653. The molecule has 0 saturated carbocycles. The van der Waals surface area contributed by atoms with Crippen LogP contribution in [0.2, 0.25) is 0 Å². The molecule has 1 amide bonds. The van der Waals surface area contributed by atoms with Crippen LogP contribution >= 0.6 is 0 Å². The molecule has 0 bridgehead atoms. The summed E-state index contributed by atoms with van der Waals surface area (Å²) in [6.45, 7) is 15.6. The van der Waals surface area contributed by atoms with Crippen LogP contribution in [0.5, 0.6) is 0 Å². The maximum atomic E-state index is 12.5. The Morgan fingerprint density at radius 3 is 2.44 bits per heavy atom. The molecule has 34 heavy (non-hydrogen) atoms. The molecule has 194 valence electrons. The van der Waals surface area contributed by atoms with Crippen molar-refractivity contribution in [3.8, 4) is 0 Å². The van der Waals surface area contributed by atoms with E-state index in [9.17, 15) is 4.79 Å². The Morgan fingerprint density at radius 2 is 1.76 bits per heavy atom. The molecule has 1 saturated heterocycles. The Hall–Kier alpha value is -1.39. The normalized spacial score (nSPS) is 21.4. The van der Waals surface area contributed by atoms with Gasteiger partial charge in [-0.2, -0.15) is 0 Å². The molecule has 1 fully saturated rings. The number of carbonyl (C=O) groups is 1. The van der Waals surface area contributed by atoms with E-state index < -0.39 is 0 Å². The second-order valence-corrected chi connectivity index (χ2v) is 11.3. The molecule has 2 N–H and O–H groups in total. The van der Waals surface area contributed by atoms with Crippen molar-refractivity contribution in [2.24, 2.45) is 5.92 Å². The van der Waals surface area contributed by atoms with Gasteiger partial charge in [-0.25, -0.2) is 0 Å². The van der Waals surface area contributed by atoms with E-state index in [1.165, 1.54) is 69.9 Å². The number of aryl methyl sites for hydroxylation is 1. The molecule has 1 heterocycles. The highest BCUT2D eigenvalue weighted by Crippen LogP contribution is 2.32. The van der Waals surface area contributed by atoms with Crippen LogP contribution in [0.15, 0.2) is 18.2 Å². The van der Waals surface area contributed by atoms with Gasteiger partial charge in [-0.05, 0) is 90.1 Å². The molecular weight excluding hydrogens is 418 g/mol. The Bertz CT molecular complexity index is 745. The molecule has 3 unspecified atom stereocenters. The first-order chi connectivity index (χ1) is 16.2. The number of amides is 1.